The Kier molecular flexibility index (Phi) is 8.79. The monoisotopic (exact) mass is 494 g/mol. The zero-order chi connectivity index (χ0) is 24.8. The molecule has 0 spiro atoms. The Balaban J connectivity index is 3.22. The molecule has 0 radical (unpaired) electrons. The van der Waals surface area contributed by atoms with Crippen molar-refractivity contribution in [3.05, 3.63) is 0 Å². The van der Waals surface area contributed by atoms with Gasteiger partial charge < -0.3 is 23.1 Å². The largest absolute Gasteiger partial charge is 0.414 e. The summed E-state index contributed by atoms with van der Waals surface area (Å²) >= 11 is 0. The lowest BCUT2D eigenvalue weighted by Gasteiger charge is -2.44. The van der Waals surface area contributed by atoms with Crippen LogP contribution in [0.3, 0.4) is 0 Å². The standard InChI is InChI=1S/C23H52O5Si3/c1-21(2,3)29(10,11)25-16-17-18(27-30(12,13)22(4,5)6)19(20(24)26-17)28-31(14,15)23(7,8)9/h17-20,24H,16H2,1-15H3/t17-,18-,19+,20+/m1/s1/i20+2. The van der Waals surface area contributed by atoms with Crippen LogP contribution < -0.4 is 0 Å². The van der Waals surface area contributed by atoms with E-state index in [4.69, 9.17) is 18.0 Å². The van der Waals surface area contributed by atoms with Gasteiger partial charge in [-0.1, -0.05) is 62.3 Å². The lowest BCUT2D eigenvalue weighted by molar-refractivity contribution is -0.129. The molecular formula is C23H52O5Si3. The smallest absolute Gasteiger partial charge is 0.192 e. The summed E-state index contributed by atoms with van der Waals surface area (Å²) in [6.07, 6.45) is -2.18. The quantitative estimate of drug-likeness (QED) is 0.409. The van der Waals surface area contributed by atoms with Crippen LogP contribution in [-0.4, -0.2) is 61.3 Å². The Morgan fingerprint density at radius 3 is 1.48 bits per heavy atom. The summed E-state index contributed by atoms with van der Waals surface area (Å²) in [5, 5.41) is 11.1. The van der Waals surface area contributed by atoms with Crippen molar-refractivity contribution in [1.82, 2.24) is 0 Å². The molecule has 1 heterocycles. The number of aliphatic hydroxyl groups is 1. The molecular weight excluding hydrogens is 442 g/mol. The highest BCUT2D eigenvalue weighted by atomic mass is 28.4. The van der Waals surface area contributed by atoms with E-state index in [1.165, 1.54) is 0 Å². The van der Waals surface area contributed by atoms with E-state index in [0.29, 0.717) is 6.61 Å². The Labute approximate surface area is 196 Å². The minimum absolute atomic E-state index is 0.0317. The van der Waals surface area contributed by atoms with Gasteiger partial charge in [0.2, 0.25) is 0 Å². The van der Waals surface area contributed by atoms with Crippen LogP contribution in [0.15, 0.2) is 0 Å². The van der Waals surface area contributed by atoms with E-state index in [-0.39, 0.29) is 27.3 Å². The van der Waals surface area contributed by atoms with Crippen molar-refractivity contribution < 1.29 is 23.1 Å². The van der Waals surface area contributed by atoms with Crippen LogP contribution in [0.4, 0.5) is 0 Å². The van der Waals surface area contributed by atoms with E-state index in [1.54, 1.807) is 0 Å². The van der Waals surface area contributed by atoms with Crippen LogP contribution >= 0.6 is 0 Å². The molecule has 1 N–H and O–H groups in total. The third-order valence-electron chi connectivity index (χ3n) is 8.17. The van der Waals surface area contributed by atoms with Crippen molar-refractivity contribution in [2.75, 3.05) is 6.61 Å². The number of ether oxygens (including phenoxy) is 1. The molecule has 0 aromatic heterocycles. The van der Waals surface area contributed by atoms with E-state index in [9.17, 15) is 5.11 Å². The first-order valence-corrected chi connectivity index (χ1v) is 20.5. The summed E-state index contributed by atoms with van der Waals surface area (Å²) in [5.74, 6) is 0. The Morgan fingerprint density at radius 2 is 1.10 bits per heavy atom. The molecule has 0 bridgehead atoms. The van der Waals surface area contributed by atoms with Crippen molar-refractivity contribution in [2.24, 2.45) is 0 Å². The summed E-state index contributed by atoms with van der Waals surface area (Å²) in [6.45, 7) is 33.8. The van der Waals surface area contributed by atoms with Crippen LogP contribution in [0.2, 0.25) is 54.4 Å². The molecule has 5 nitrogen and oxygen atoms in total. The molecule has 31 heavy (non-hydrogen) atoms. The van der Waals surface area contributed by atoms with Crippen molar-refractivity contribution in [1.29, 1.82) is 0 Å². The first kappa shape index (κ1) is 29.5. The predicted octanol–water partition coefficient (Wildman–Crippen LogP) is 6.51. The molecule has 1 fully saturated rings. The minimum atomic E-state index is -2.13. The van der Waals surface area contributed by atoms with Crippen molar-refractivity contribution in [3.63, 3.8) is 0 Å². The maximum Gasteiger partial charge on any atom is 0.192 e. The van der Waals surface area contributed by atoms with Gasteiger partial charge in [-0.25, -0.2) is 0 Å². The molecule has 0 amide bonds. The van der Waals surface area contributed by atoms with Gasteiger partial charge in [0.25, 0.3) is 0 Å². The fourth-order valence-corrected chi connectivity index (χ4v) is 6.27. The fourth-order valence-electron chi connectivity index (χ4n) is 2.65. The number of aliphatic hydroxyl groups excluding tert-OH is 1. The summed E-state index contributed by atoms with van der Waals surface area (Å²) in [5.41, 5.74) is 0. The summed E-state index contributed by atoms with van der Waals surface area (Å²) in [4.78, 5) is 0. The van der Waals surface area contributed by atoms with Crippen molar-refractivity contribution in [2.45, 2.75) is 141 Å². The lowest BCUT2D eigenvalue weighted by Crippen LogP contribution is -2.55. The highest BCUT2D eigenvalue weighted by molar-refractivity contribution is 6.75. The van der Waals surface area contributed by atoms with Crippen LogP contribution in [0.1, 0.15) is 62.3 Å². The molecule has 0 saturated carbocycles. The highest BCUT2D eigenvalue weighted by Gasteiger charge is 2.54. The lowest BCUT2D eigenvalue weighted by atomic mass is 10.2. The number of rotatable bonds is 7. The predicted molar refractivity (Wildman–Crippen MR) is 138 cm³/mol. The Bertz CT molecular complexity index is 600. The third-order valence-corrected chi connectivity index (χ3v) is 21.6. The van der Waals surface area contributed by atoms with E-state index in [2.05, 4.69) is 102 Å². The first-order chi connectivity index (χ1) is 13.4. The van der Waals surface area contributed by atoms with Gasteiger partial charge in [-0.05, 0) is 54.4 Å². The normalized spacial score (nSPS) is 27.1. The van der Waals surface area contributed by atoms with Crippen LogP contribution in [0, 0.1) is 0 Å². The van der Waals surface area contributed by atoms with Gasteiger partial charge in [0, 0.05) is 0 Å². The molecule has 186 valence electrons. The van der Waals surface area contributed by atoms with Crippen molar-refractivity contribution in [3.8, 4) is 0 Å². The summed E-state index contributed by atoms with van der Waals surface area (Å²) < 4.78 is 26.1. The number of hydrogen-bond donors (Lipinski definition) is 1. The van der Waals surface area contributed by atoms with E-state index in [1.807, 2.05) is 0 Å². The maximum absolute atomic E-state index is 10.9. The fraction of sp³-hybridized carbons (Fsp3) is 1.00. The van der Waals surface area contributed by atoms with E-state index < -0.39 is 37.3 Å². The summed E-state index contributed by atoms with van der Waals surface area (Å²) in [7, 11) is -6.20. The SMILES string of the molecule is CC(C)(C)[Si](C)(C)OC[C@H]1O[14C@H](O)[C@@H](O[Si](C)(C)C(C)(C)C)[C@@H]1O[Si](C)(C)C(C)(C)C. The topological polar surface area (TPSA) is 57.2 Å². The van der Waals surface area contributed by atoms with E-state index >= 15 is 0 Å². The van der Waals surface area contributed by atoms with Gasteiger partial charge in [0.15, 0.2) is 31.2 Å². The average Bonchev–Trinajstić information content (AvgIpc) is 2.77. The molecule has 1 aliphatic heterocycles. The highest BCUT2D eigenvalue weighted by Crippen LogP contribution is 2.44. The van der Waals surface area contributed by atoms with Gasteiger partial charge in [-0.15, -0.1) is 0 Å². The van der Waals surface area contributed by atoms with Crippen LogP contribution in [0.25, 0.3) is 0 Å². The second kappa shape index (κ2) is 9.24. The van der Waals surface area contributed by atoms with Gasteiger partial charge in [-0.2, -0.15) is 0 Å². The number of hydrogen-bond acceptors (Lipinski definition) is 5. The minimum Gasteiger partial charge on any atom is -0.414 e. The first-order valence-electron chi connectivity index (χ1n) is 11.8. The van der Waals surface area contributed by atoms with Gasteiger partial charge in [0.05, 0.1) is 6.61 Å². The molecule has 0 aliphatic carbocycles. The molecule has 0 aromatic rings. The Morgan fingerprint density at radius 1 is 0.710 bits per heavy atom. The second-order valence-electron chi connectivity index (χ2n) is 13.8. The molecule has 4 atom stereocenters. The average molecular weight is 495 g/mol. The summed E-state index contributed by atoms with van der Waals surface area (Å²) in [6, 6.07) is 0. The molecule has 0 aromatic carbocycles. The maximum atomic E-state index is 10.9. The molecule has 0 unspecified atom stereocenters. The van der Waals surface area contributed by atoms with Crippen molar-refractivity contribution >= 4 is 25.0 Å². The zero-order valence-electron chi connectivity index (χ0n) is 23.1. The van der Waals surface area contributed by atoms with Gasteiger partial charge in [0.1, 0.15) is 18.3 Å². The van der Waals surface area contributed by atoms with Crippen LogP contribution in [-0.2, 0) is 18.0 Å². The van der Waals surface area contributed by atoms with Gasteiger partial charge in [-0.3, -0.25) is 0 Å². The third kappa shape index (κ3) is 6.97. The molecule has 1 saturated heterocycles. The Hall–Kier alpha value is 0.451. The van der Waals surface area contributed by atoms with E-state index in [0.717, 1.165) is 0 Å². The molecule has 1 rings (SSSR count). The van der Waals surface area contributed by atoms with Crippen LogP contribution in [0.5, 0.6) is 0 Å². The molecule has 8 heteroatoms. The second-order valence-corrected chi connectivity index (χ2v) is 28.1. The molecule has 1 aliphatic rings. The van der Waals surface area contributed by atoms with Gasteiger partial charge >= 0.3 is 0 Å². The zero-order valence-corrected chi connectivity index (χ0v) is 26.1.